The van der Waals surface area contributed by atoms with Crippen LogP contribution in [0.15, 0.2) is 17.3 Å². The summed E-state index contributed by atoms with van der Waals surface area (Å²) >= 11 is 1.01. The molecule has 3 nitrogen and oxygen atoms in total. The van der Waals surface area contributed by atoms with E-state index >= 15 is 0 Å². The molecule has 0 saturated heterocycles. The zero-order valence-corrected chi connectivity index (χ0v) is 6.85. The zero-order valence-electron chi connectivity index (χ0n) is 6.03. The van der Waals surface area contributed by atoms with E-state index in [0.717, 1.165) is 17.3 Å². The molecule has 0 unspecified atom stereocenters. The lowest BCUT2D eigenvalue weighted by molar-refractivity contribution is 1.12. The number of nitrogen functional groups attached to an aromatic ring is 1. The van der Waals surface area contributed by atoms with E-state index in [2.05, 4.69) is 4.98 Å². The van der Waals surface area contributed by atoms with Crippen LogP contribution in [0.2, 0.25) is 0 Å². The maximum absolute atomic E-state index is 8.31. The highest BCUT2D eigenvalue weighted by Gasteiger charge is 1.97. The van der Waals surface area contributed by atoms with Crippen molar-refractivity contribution in [3.05, 3.63) is 17.8 Å². The Morgan fingerprint density at radius 1 is 1.73 bits per heavy atom. The molecule has 0 bridgehead atoms. The first-order valence-electron chi connectivity index (χ1n) is 3.02. The van der Waals surface area contributed by atoms with Crippen molar-refractivity contribution in [3.63, 3.8) is 0 Å². The van der Waals surface area contributed by atoms with E-state index in [0.29, 0.717) is 10.7 Å². The molecular weight excluding hydrogens is 158 g/mol. The fourth-order valence-electron chi connectivity index (χ4n) is 0.622. The Kier molecular flexibility index (Phi) is 2.34. The van der Waals surface area contributed by atoms with Crippen molar-refractivity contribution in [2.45, 2.75) is 11.9 Å². The SMILES string of the molecule is Cc1cnc(SC#N)cc1N. The zero-order chi connectivity index (χ0) is 8.27. The first kappa shape index (κ1) is 7.89. The standard InChI is InChI=1S/C7H7N3S/c1-5-3-10-7(11-4-8)2-6(5)9/h2-3H,1H3,(H2,9,10). The Bertz CT molecular complexity index is 303. The molecule has 56 valence electrons. The predicted octanol–water partition coefficient (Wildman–Crippen LogP) is 1.55. The van der Waals surface area contributed by atoms with E-state index in [9.17, 15) is 0 Å². The maximum Gasteiger partial charge on any atom is 0.140 e. The highest BCUT2D eigenvalue weighted by molar-refractivity contribution is 8.03. The molecule has 0 radical (unpaired) electrons. The number of pyridine rings is 1. The molecule has 4 heteroatoms. The van der Waals surface area contributed by atoms with Crippen LogP contribution in [0.3, 0.4) is 0 Å². The monoisotopic (exact) mass is 165 g/mol. The molecule has 0 aliphatic heterocycles. The molecule has 1 heterocycles. The van der Waals surface area contributed by atoms with Crippen LogP contribution in [0.25, 0.3) is 0 Å². The summed E-state index contributed by atoms with van der Waals surface area (Å²) in [6.45, 7) is 1.88. The van der Waals surface area contributed by atoms with Gasteiger partial charge in [-0.25, -0.2) is 4.98 Å². The van der Waals surface area contributed by atoms with Gasteiger partial charge in [-0.15, -0.1) is 0 Å². The molecule has 1 aromatic rings. The van der Waals surface area contributed by atoms with E-state index in [1.165, 1.54) is 0 Å². The quantitative estimate of drug-likeness (QED) is 0.506. The Labute approximate surface area is 69.2 Å². The minimum Gasteiger partial charge on any atom is -0.398 e. The van der Waals surface area contributed by atoms with Crippen molar-refractivity contribution < 1.29 is 0 Å². The number of nitrogens with zero attached hydrogens (tertiary/aromatic N) is 2. The summed E-state index contributed by atoms with van der Waals surface area (Å²) in [5.41, 5.74) is 7.20. The van der Waals surface area contributed by atoms with Crippen LogP contribution >= 0.6 is 11.8 Å². The van der Waals surface area contributed by atoms with Gasteiger partial charge in [-0.3, -0.25) is 0 Å². The first-order chi connectivity index (χ1) is 5.24. The minimum atomic E-state index is 0.649. The van der Waals surface area contributed by atoms with E-state index in [-0.39, 0.29) is 0 Å². The van der Waals surface area contributed by atoms with Crippen LogP contribution in [0, 0.1) is 17.6 Å². The number of nitriles is 1. The fraction of sp³-hybridized carbons (Fsp3) is 0.143. The van der Waals surface area contributed by atoms with Gasteiger partial charge in [0.2, 0.25) is 0 Å². The summed E-state index contributed by atoms with van der Waals surface area (Å²) < 4.78 is 0. The van der Waals surface area contributed by atoms with Gasteiger partial charge >= 0.3 is 0 Å². The van der Waals surface area contributed by atoms with Gasteiger partial charge in [-0.2, -0.15) is 5.26 Å². The van der Waals surface area contributed by atoms with E-state index < -0.39 is 0 Å². The average Bonchev–Trinajstić information content (AvgIpc) is 1.98. The lowest BCUT2D eigenvalue weighted by atomic mass is 10.3. The summed E-state index contributed by atoms with van der Waals surface area (Å²) in [7, 11) is 0. The van der Waals surface area contributed by atoms with Gasteiger partial charge in [0.15, 0.2) is 0 Å². The Hall–Kier alpha value is -1.21. The second kappa shape index (κ2) is 3.26. The molecule has 0 spiro atoms. The van der Waals surface area contributed by atoms with Crippen LogP contribution < -0.4 is 5.73 Å². The molecule has 0 amide bonds. The molecule has 1 rings (SSSR count). The molecule has 0 aliphatic rings. The highest BCUT2D eigenvalue weighted by atomic mass is 32.2. The molecule has 1 aromatic heterocycles. The van der Waals surface area contributed by atoms with Crippen LogP contribution in [0.4, 0.5) is 5.69 Å². The topological polar surface area (TPSA) is 62.7 Å². The molecule has 0 aliphatic carbocycles. The van der Waals surface area contributed by atoms with Crippen molar-refractivity contribution in [2.75, 3.05) is 5.73 Å². The number of anilines is 1. The van der Waals surface area contributed by atoms with Gasteiger partial charge in [0.1, 0.15) is 10.4 Å². The highest BCUT2D eigenvalue weighted by Crippen LogP contribution is 2.18. The summed E-state index contributed by atoms with van der Waals surface area (Å²) in [5, 5.41) is 10.9. The lowest BCUT2D eigenvalue weighted by Gasteiger charge is -1.98. The minimum absolute atomic E-state index is 0.649. The molecule has 0 fully saturated rings. The number of nitrogens with two attached hydrogens (primary N) is 1. The van der Waals surface area contributed by atoms with Gasteiger partial charge in [0, 0.05) is 23.6 Å². The number of rotatable bonds is 1. The lowest BCUT2D eigenvalue weighted by Crippen LogP contribution is -1.91. The Morgan fingerprint density at radius 3 is 3.00 bits per heavy atom. The van der Waals surface area contributed by atoms with Gasteiger partial charge < -0.3 is 5.73 Å². The molecule has 11 heavy (non-hydrogen) atoms. The smallest absolute Gasteiger partial charge is 0.140 e. The Morgan fingerprint density at radius 2 is 2.45 bits per heavy atom. The summed E-state index contributed by atoms with van der Waals surface area (Å²) in [4.78, 5) is 3.99. The van der Waals surface area contributed by atoms with Crippen molar-refractivity contribution in [2.24, 2.45) is 0 Å². The number of hydrogen-bond donors (Lipinski definition) is 1. The number of thioether (sulfide) groups is 1. The molecular formula is C7H7N3S. The number of hydrogen-bond acceptors (Lipinski definition) is 4. The summed E-state index contributed by atoms with van der Waals surface area (Å²) in [6.07, 6.45) is 1.66. The van der Waals surface area contributed by atoms with Crippen molar-refractivity contribution in [1.29, 1.82) is 5.26 Å². The van der Waals surface area contributed by atoms with E-state index in [1.807, 2.05) is 12.3 Å². The maximum atomic E-state index is 8.31. The van der Waals surface area contributed by atoms with Gasteiger partial charge in [-0.1, -0.05) is 0 Å². The third-order valence-corrected chi connectivity index (χ3v) is 1.79. The van der Waals surface area contributed by atoms with Gasteiger partial charge in [-0.05, 0) is 18.6 Å². The molecule has 0 aromatic carbocycles. The first-order valence-corrected chi connectivity index (χ1v) is 3.83. The number of thiocyanates is 1. The molecule has 2 N–H and O–H groups in total. The third kappa shape index (κ3) is 1.85. The van der Waals surface area contributed by atoms with E-state index in [1.54, 1.807) is 12.3 Å². The summed E-state index contributed by atoms with van der Waals surface area (Å²) in [5.74, 6) is 0. The van der Waals surface area contributed by atoms with Crippen LogP contribution in [0.5, 0.6) is 0 Å². The van der Waals surface area contributed by atoms with Crippen LogP contribution in [-0.2, 0) is 0 Å². The Balaban J connectivity index is 2.98. The van der Waals surface area contributed by atoms with E-state index in [4.69, 9.17) is 11.0 Å². The van der Waals surface area contributed by atoms with Crippen LogP contribution in [-0.4, -0.2) is 4.98 Å². The van der Waals surface area contributed by atoms with Gasteiger partial charge in [0.05, 0.1) is 0 Å². The van der Waals surface area contributed by atoms with Crippen molar-refractivity contribution >= 4 is 17.4 Å². The molecule has 0 saturated carbocycles. The number of aromatic nitrogens is 1. The average molecular weight is 165 g/mol. The van der Waals surface area contributed by atoms with Gasteiger partial charge in [0.25, 0.3) is 0 Å². The second-order valence-electron chi connectivity index (χ2n) is 2.07. The molecule has 0 atom stereocenters. The number of aryl methyl sites for hydroxylation is 1. The largest absolute Gasteiger partial charge is 0.398 e. The second-order valence-corrected chi connectivity index (χ2v) is 2.88. The predicted molar refractivity (Wildman–Crippen MR) is 44.9 cm³/mol. The van der Waals surface area contributed by atoms with Crippen LogP contribution in [0.1, 0.15) is 5.56 Å². The summed E-state index contributed by atoms with van der Waals surface area (Å²) in [6, 6.07) is 1.70. The third-order valence-electron chi connectivity index (χ3n) is 1.27. The fourth-order valence-corrected chi connectivity index (χ4v) is 1.01. The van der Waals surface area contributed by atoms with Crippen molar-refractivity contribution in [3.8, 4) is 5.40 Å². The normalized spacial score (nSPS) is 9.09. The van der Waals surface area contributed by atoms with Crippen molar-refractivity contribution in [1.82, 2.24) is 4.98 Å².